The molecule has 0 bridgehead atoms. The highest BCUT2D eigenvalue weighted by molar-refractivity contribution is 9.10. The minimum Gasteiger partial charge on any atom is -0.226 e. The molecule has 0 unspecified atom stereocenters. The van der Waals surface area contributed by atoms with Crippen molar-refractivity contribution in [3.8, 4) is 0 Å². The molecule has 0 amide bonds. The molecular formula is C14H15BrN2S. The van der Waals surface area contributed by atoms with Gasteiger partial charge in [0.25, 0.3) is 0 Å². The van der Waals surface area contributed by atoms with Gasteiger partial charge in [-0.2, -0.15) is 0 Å². The predicted molar refractivity (Wildman–Crippen MR) is 79.0 cm³/mol. The van der Waals surface area contributed by atoms with Gasteiger partial charge < -0.3 is 0 Å². The van der Waals surface area contributed by atoms with Crippen LogP contribution in [-0.4, -0.2) is 9.97 Å². The van der Waals surface area contributed by atoms with Gasteiger partial charge in [-0.1, -0.05) is 36.4 Å². The largest absolute Gasteiger partial charge is 0.226 e. The Labute approximate surface area is 120 Å². The molecule has 2 nitrogen and oxygen atoms in total. The molecule has 1 heterocycles. The van der Waals surface area contributed by atoms with Gasteiger partial charge in [-0.15, -0.1) is 0 Å². The van der Waals surface area contributed by atoms with Gasteiger partial charge in [-0.3, -0.25) is 0 Å². The second-order valence-corrected chi connectivity index (χ2v) is 6.02. The fourth-order valence-corrected chi connectivity index (χ4v) is 3.16. The first kappa shape index (κ1) is 13.6. The molecule has 94 valence electrons. The normalized spacial score (nSPS) is 10.6. The zero-order valence-corrected chi connectivity index (χ0v) is 12.9. The van der Waals surface area contributed by atoms with E-state index in [1.807, 2.05) is 6.07 Å². The molecule has 0 aliphatic heterocycles. The van der Waals surface area contributed by atoms with Gasteiger partial charge in [0.1, 0.15) is 15.5 Å². The fourth-order valence-electron chi connectivity index (χ4n) is 1.63. The maximum absolute atomic E-state index is 4.57. The Hall–Kier alpha value is -0.870. The minimum atomic E-state index is 0.858. The number of benzene rings is 1. The molecule has 2 rings (SSSR count). The van der Waals surface area contributed by atoms with E-state index in [1.54, 1.807) is 11.8 Å². The predicted octanol–water partition coefficient (Wildman–Crippen LogP) is 4.65. The number of aromatic nitrogens is 2. The number of halogens is 1. The second-order valence-electron chi connectivity index (χ2n) is 4.11. The topological polar surface area (TPSA) is 25.8 Å². The lowest BCUT2D eigenvalue weighted by Crippen LogP contribution is -1.96. The van der Waals surface area contributed by atoms with Crippen molar-refractivity contribution in [2.75, 3.05) is 0 Å². The molecule has 1 aromatic carbocycles. The van der Waals surface area contributed by atoms with E-state index in [0.717, 1.165) is 28.3 Å². The average molecular weight is 323 g/mol. The van der Waals surface area contributed by atoms with Gasteiger partial charge in [0, 0.05) is 17.4 Å². The molecule has 0 saturated heterocycles. The zero-order chi connectivity index (χ0) is 13.0. The Balaban J connectivity index is 2.23. The summed E-state index contributed by atoms with van der Waals surface area (Å²) in [6.07, 6.45) is 1.98. The van der Waals surface area contributed by atoms with Gasteiger partial charge >= 0.3 is 0 Å². The van der Waals surface area contributed by atoms with Crippen LogP contribution in [0.4, 0.5) is 0 Å². The Kier molecular flexibility index (Phi) is 4.78. The van der Waals surface area contributed by atoms with Gasteiger partial charge in [0.05, 0.1) is 0 Å². The second kappa shape index (κ2) is 6.34. The molecule has 0 spiro atoms. The Morgan fingerprint density at radius 3 is 2.78 bits per heavy atom. The van der Waals surface area contributed by atoms with Crippen LogP contribution in [0.15, 0.2) is 44.9 Å². The Bertz CT molecular complexity index is 543. The van der Waals surface area contributed by atoms with Crippen molar-refractivity contribution >= 4 is 27.7 Å². The van der Waals surface area contributed by atoms with Crippen LogP contribution in [0, 0.1) is 6.92 Å². The Morgan fingerprint density at radius 2 is 2.06 bits per heavy atom. The zero-order valence-electron chi connectivity index (χ0n) is 10.5. The van der Waals surface area contributed by atoms with E-state index >= 15 is 0 Å². The maximum Gasteiger partial charge on any atom is 0.130 e. The van der Waals surface area contributed by atoms with Gasteiger partial charge in [-0.05, 0) is 41.4 Å². The van der Waals surface area contributed by atoms with Crippen molar-refractivity contribution in [2.24, 2.45) is 0 Å². The van der Waals surface area contributed by atoms with Gasteiger partial charge in [0.15, 0.2) is 0 Å². The maximum atomic E-state index is 4.57. The molecule has 2 aromatic rings. The number of hydrogen-bond acceptors (Lipinski definition) is 3. The summed E-state index contributed by atoms with van der Waals surface area (Å²) in [6.45, 7) is 4.24. The lowest BCUT2D eigenvalue weighted by atomic mass is 10.2. The van der Waals surface area contributed by atoms with Crippen molar-refractivity contribution in [1.82, 2.24) is 9.97 Å². The molecule has 4 heteroatoms. The number of aryl methyl sites for hydroxylation is 2. The van der Waals surface area contributed by atoms with Crippen LogP contribution in [0.1, 0.15) is 24.7 Å². The van der Waals surface area contributed by atoms with E-state index < -0.39 is 0 Å². The summed E-state index contributed by atoms with van der Waals surface area (Å²) in [4.78, 5) is 10.2. The molecular weight excluding hydrogens is 308 g/mol. The third-order valence-electron chi connectivity index (χ3n) is 2.40. The SMILES string of the molecule is CCCc1nc(Br)cc(Sc2cccc(C)c2)n1. The summed E-state index contributed by atoms with van der Waals surface area (Å²) in [5.74, 6) is 0.905. The van der Waals surface area contributed by atoms with E-state index in [9.17, 15) is 0 Å². The van der Waals surface area contributed by atoms with Crippen molar-refractivity contribution in [3.63, 3.8) is 0 Å². The van der Waals surface area contributed by atoms with Crippen LogP contribution in [0.3, 0.4) is 0 Å². The van der Waals surface area contributed by atoms with E-state index in [1.165, 1.54) is 10.5 Å². The quantitative estimate of drug-likeness (QED) is 0.766. The van der Waals surface area contributed by atoms with Crippen LogP contribution in [0.25, 0.3) is 0 Å². The summed E-state index contributed by atoms with van der Waals surface area (Å²) in [5, 5.41) is 0.992. The van der Waals surface area contributed by atoms with Crippen molar-refractivity contribution in [2.45, 2.75) is 36.6 Å². The minimum absolute atomic E-state index is 0.858. The van der Waals surface area contributed by atoms with E-state index in [4.69, 9.17) is 0 Å². The summed E-state index contributed by atoms with van der Waals surface area (Å²) < 4.78 is 0.858. The molecule has 18 heavy (non-hydrogen) atoms. The standard InChI is InChI=1S/C14H15BrN2S/c1-3-5-13-16-12(15)9-14(17-13)18-11-7-4-6-10(2)8-11/h4,6-9H,3,5H2,1-2H3. The highest BCUT2D eigenvalue weighted by Crippen LogP contribution is 2.28. The van der Waals surface area contributed by atoms with Crippen LogP contribution in [0.2, 0.25) is 0 Å². The van der Waals surface area contributed by atoms with Crippen molar-refractivity contribution in [3.05, 3.63) is 46.3 Å². The molecule has 0 aliphatic carbocycles. The van der Waals surface area contributed by atoms with Crippen molar-refractivity contribution < 1.29 is 0 Å². The van der Waals surface area contributed by atoms with Crippen molar-refractivity contribution in [1.29, 1.82) is 0 Å². The third-order valence-corrected chi connectivity index (χ3v) is 3.72. The molecule has 1 aromatic heterocycles. The van der Waals surface area contributed by atoms with Crippen LogP contribution < -0.4 is 0 Å². The first-order valence-corrected chi connectivity index (χ1v) is 7.56. The molecule has 0 fully saturated rings. The average Bonchev–Trinajstić information content (AvgIpc) is 2.28. The molecule has 0 aliphatic rings. The van der Waals surface area contributed by atoms with Gasteiger partial charge in [-0.25, -0.2) is 9.97 Å². The molecule has 0 radical (unpaired) electrons. The van der Waals surface area contributed by atoms with Crippen LogP contribution in [0.5, 0.6) is 0 Å². The molecule has 0 atom stereocenters. The summed E-state index contributed by atoms with van der Waals surface area (Å²) >= 11 is 5.12. The van der Waals surface area contributed by atoms with Crippen LogP contribution in [-0.2, 0) is 6.42 Å². The van der Waals surface area contributed by atoms with E-state index in [-0.39, 0.29) is 0 Å². The monoisotopic (exact) mass is 322 g/mol. The highest BCUT2D eigenvalue weighted by atomic mass is 79.9. The number of nitrogens with zero attached hydrogens (tertiary/aromatic N) is 2. The van der Waals surface area contributed by atoms with E-state index in [2.05, 4.69) is 64.0 Å². The first-order valence-electron chi connectivity index (χ1n) is 5.95. The fraction of sp³-hybridized carbons (Fsp3) is 0.286. The molecule has 0 N–H and O–H groups in total. The number of hydrogen-bond donors (Lipinski definition) is 0. The first-order chi connectivity index (χ1) is 8.67. The lowest BCUT2D eigenvalue weighted by Gasteiger charge is -2.05. The summed E-state index contributed by atoms with van der Waals surface area (Å²) in [6, 6.07) is 10.4. The van der Waals surface area contributed by atoms with E-state index in [0.29, 0.717) is 0 Å². The lowest BCUT2D eigenvalue weighted by molar-refractivity contribution is 0.803. The Morgan fingerprint density at radius 1 is 1.22 bits per heavy atom. The smallest absolute Gasteiger partial charge is 0.130 e. The summed E-state index contributed by atoms with van der Waals surface area (Å²) in [7, 11) is 0. The summed E-state index contributed by atoms with van der Waals surface area (Å²) in [5.41, 5.74) is 1.27. The third kappa shape index (κ3) is 3.82. The number of rotatable bonds is 4. The highest BCUT2D eigenvalue weighted by Gasteiger charge is 2.04. The van der Waals surface area contributed by atoms with Gasteiger partial charge in [0.2, 0.25) is 0 Å². The van der Waals surface area contributed by atoms with Crippen LogP contribution >= 0.6 is 27.7 Å². The molecule has 0 saturated carbocycles.